The number of carbonyl (C=O) groups is 1. The Kier molecular flexibility index (Phi) is 6.19. The molecule has 146 valence electrons. The number of hydrogen-bond acceptors (Lipinski definition) is 4. The molecule has 1 N–H and O–H groups in total. The maximum atomic E-state index is 12.4. The van der Waals surface area contributed by atoms with Crippen LogP contribution in [-0.4, -0.2) is 13.0 Å². The van der Waals surface area contributed by atoms with Crippen LogP contribution in [0.3, 0.4) is 0 Å². The number of nitrogens with one attached hydrogen (secondary N) is 1. The third kappa shape index (κ3) is 4.44. The van der Waals surface area contributed by atoms with Crippen molar-refractivity contribution in [3.05, 3.63) is 74.0 Å². The molecule has 0 saturated heterocycles. The first kappa shape index (κ1) is 20.1. The molecule has 1 atom stereocenters. The van der Waals surface area contributed by atoms with Gasteiger partial charge >= 0.3 is 5.63 Å². The average Bonchev–Trinajstić information content (AvgIpc) is 2.67. The van der Waals surface area contributed by atoms with Gasteiger partial charge in [0, 0.05) is 27.9 Å². The molecule has 28 heavy (non-hydrogen) atoms. The van der Waals surface area contributed by atoms with Gasteiger partial charge in [0.15, 0.2) is 0 Å². The fraction of sp³-hybridized carbons (Fsp3) is 0.273. The fourth-order valence-electron chi connectivity index (χ4n) is 3.18. The average molecular weight is 444 g/mol. The van der Waals surface area contributed by atoms with Gasteiger partial charge in [0.2, 0.25) is 5.91 Å². The number of amides is 1. The second-order valence-corrected chi connectivity index (χ2v) is 7.61. The molecule has 1 heterocycles. The summed E-state index contributed by atoms with van der Waals surface area (Å²) < 4.78 is 11.6. The van der Waals surface area contributed by atoms with Crippen LogP contribution in [0.1, 0.15) is 36.1 Å². The maximum absolute atomic E-state index is 12.4. The summed E-state index contributed by atoms with van der Waals surface area (Å²) in [5.41, 5.74) is 2.46. The molecule has 1 aromatic heterocycles. The molecule has 1 amide bonds. The number of methoxy groups -OCH3 is 1. The number of hydrogen-bond donors (Lipinski definition) is 1. The summed E-state index contributed by atoms with van der Waals surface area (Å²) in [5.74, 6) is 0.521. The minimum atomic E-state index is -0.410. The van der Waals surface area contributed by atoms with E-state index in [1.807, 2.05) is 50.2 Å². The predicted molar refractivity (Wildman–Crippen MR) is 113 cm³/mol. The van der Waals surface area contributed by atoms with Gasteiger partial charge < -0.3 is 14.5 Å². The van der Waals surface area contributed by atoms with Crippen molar-refractivity contribution in [3.8, 4) is 5.75 Å². The summed E-state index contributed by atoms with van der Waals surface area (Å²) in [5, 5.41) is 3.82. The van der Waals surface area contributed by atoms with Gasteiger partial charge in [-0.2, -0.15) is 0 Å². The van der Waals surface area contributed by atoms with Crippen molar-refractivity contribution in [3.63, 3.8) is 0 Å². The molecule has 0 spiro atoms. The van der Waals surface area contributed by atoms with Gasteiger partial charge in [0.25, 0.3) is 0 Å². The summed E-state index contributed by atoms with van der Waals surface area (Å²) in [6, 6.07) is 13.1. The lowest BCUT2D eigenvalue weighted by Gasteiger charge is -2.15. The van der Waals surface area contributed by atoms with Crippen LogP contribution in [0.5, 0.6) is 5.75 Å². The zero-order chi connectivity index (χ0) is 20.3. The summed E-state index contributed by atoms with van der Waals surface area (Å²) in [4.78, 5) is 24.8. The first-order valence-electron chi connectivity index (χ1n) is 9.04. The van der Waals surface area contributed by atoms with Gasteiger partial charge in [-0.15, -0.1) is 0 Å². The first-order chi connectivity index (χ1) is 13.4. The highest BCUT2D eigenvalue weighted by Gasteiger charge is 2.15. The van der Waals surface area contributed by atoms with E-state index < -0.39 is 5.63 Å². The number of halogens is 1. The molecule has 0 fully saturated rings. The van der Waals surface area contributed by atoms with E-state index in [4.69, 9.17) is 9.15 Å². The van der Waals surface area contributed by atoms with Gasteiger partial charge in [-0.3, -0.25) is 4.79 Å². The number of benzene rings is 2. The Morgan fingerprint density at radius 2 is 1.93 bits per heavy atom. The third-order valence-corrected chi connectivity index (χ3v) is 5.37. The van der Waals surface area contributed by atoms with E-state index in [9.17, 15) is 9.59 Å². The molecule has 0 aliphatic heterocycles. The van der Waals surface area contributed by atoms with Crippen LogP contribution >= 0.6 is 15.9 Å². The molecular formula is C22H22BrNO4. The van der Waals surface area contributed by atoms with Crippen molar-refractivity contribution in [2.24, 2.45) is 0 Å². The van der Waals surface area contributed by atoms with Crippen LogP contribution in [0.25, 0.3) is 11.0 Å². The van der Waals surface area contributed by atoms with Crippen LogP contribution in [0.15, 0.2) is 56.1 Å². The number of ether oxygens (including phenoxy) is 1. The van der Waals surface area contributed by atoms with Crippen LogP contribution in [0, 0.1) is 6.92 Å². The van der Waals surface area contributed by atoms with E-state index in [1.54, 1.807) is 13.2 Å². The standard InChI is InChI=1S/C22H22BrNO4/c1-13-18-9-8-17(27-3)12-20(18)28-22(26)19(13)10-11-21(25)24-14(2)15-4-6-16(23)7-5-15/h4-9,12,14H,10-11H2,1-3H3,(H,24,25). The van der Waals surface area contributed by atoms with Gasteiger partial charge in [0.05, 0.1) is 13.2 Å². The van der Waals surface area contributed by atoms with Crippen molar-refractivity contribution in [1.29, 1.82) is 0 Å². The smallest absolute Gasteiger partial charge is 0.339 e. The second kappa shape index (κ2) is 8.61. The first-order valence-corrected chi connectivity index (χ1v) is 9.83. The minimum absolute atomic E-state index is 0.107. The van der Waals surface area contributed by atoms with Gasteiger partial charge in [-0.1, -0.05) is 28.1 Å². The van der Waals surface area contributed by atoms with E-state index in [0.29, 0.717) is 23.3 Å². The SMILES string of the molecule is COc1ccc2c(C)c(CCC(=O)NC(C)c3ccc(Br)cc3)c(=O)oc2c1. The highest BCUT2D eigenvalue weighted by Crippen LogP contribution is 2.24. The molecule has 0 bridgehead atoms. The Hall–Kier alpha value is -2.60. The molecule has 0 aliphatic rings. The number of aryl methyl sites for hydroxylation is 1. The minimum Gasteiger partial charge on any atom is -0.497 e. The zero-order valence-electron chi connectivity index (χ0n) is 16.0. The van der Waals surface area contributed by atoms with Crippen molar-refractivity contribution in [2.45, 2.75) is 32.7 Å². The monoisotopic (exact) mass is 443 g/mol. The quantitative estimate of drug-likeness (QED) is 0.561. The van der Waals surface area contributed by atoms with Gasteiger partial charge in [-0.05, 0) is 55.7 Å². The highest BCUT2D eigenvalue weighted by atomic mass is 79.9. The number of carbonyl (C=O) groups excluding carboxylic acids is 1. The largest absolute Gasteiger partial charge is 0.497 e. The normalized spacial score (nSPS) is 12.0. The third-order valence-electron chi connectivity index (χ3n) is 4.84. The van der Waals surface area contributed by atoms with Gasteiger partial charge in [0.1, 0.15) is 11.3 Å². The molecule has 3 aromatic rings. The van der Waals surface area contributed by atoms with Crippen LogP contribution in [0.2, 0.25) is 0 Å². The Labute approximate surface area is 171 Å². The highest BCUT2D eigenvalue weighted by molar-refractivity contribution is 9.10. The Bertz CT molecular complexity index is 1060. The van der Waals surface area contributed by atoms with Crippen molar-refractivity contribution < 1.29 is 13.9 Å². The molecule has 0 radical (unpaired) electrons. The van der Waals surface area contributed by atoms with E-state index in [1.165, 1.54) is 0 Å². The van der Waals surface area contributed by atoms with Gasteiger partial charge in [-0.25, -0.2) is 4.79 Å². The van der Waals surface area contributed by atoms with E-state index in [-0.39, 0.29) is 18.4 Å². The molecule has 0 aliphatic carbocycles. The number of fused-ring (bicyclic) bond motifs is 1. The van der Waals surface area contributed by atoms with Crippen LogP contribution in [-0.2, 0) is 11.2 Å². The van der Waals surface area contributed by atoms with Crippen LogP contribution in [0.4, 0.5) is 0 Å². The topological polar surface area (TPSA) is 68.5 Å². The van der Waals surface area contributed by atoms with Crippen LogP contribution < -0.4 is 15.7 Å². The Morgan fingerprint density at radius 3 is 2.61 bits per heavy atom. The van der Waals surface area contributed by atoms with E-state index in [0.717, 1.165) is 21.0 Å². The zero-order valence-corrected chi connectivity index (χ0v) is 17.6. The summed E-state index contributed by atoms with van der Waals surface area (Å²) in [6.45, 7) is 3.81. The predicted octanol–water partition coefficient (Wildman–Crippen LogP) is 4.68. The molecule has 3 rings (SSSR count). The summed E-state index contributed by atoms with van der Waals surface area (Å²) in [6.07, 6.45) is 0.545. The Balaban J connectivity index is 1.71. The van der Waals surface area contributed by atoms with Crippen molar-refractivity contribution in [1.82, 2.24) is 5.32 Å². The molecular weight excluding hydrogens is 422 g/mol. The second-order valence-electron chi connectivity index (χ2n) is 6.70. The lowest BCUT2D eigenvalue weighted by molar-refractivity contribution is -0.121. The van der Waals surface area contributed by atoms with E-state index >= 15 is 0 Å². The molecule has 2 aromatic carbocycles. The van der Waals surface area contributed by atoms with Crippen molar-refractivity contribution >= 4 is 32.8 Å². The lowest BCUT2D eigenvalue weighted by atomic mass is 10.0. The molecule has 0 saturated carbocycles. The molecule has 5 nitrogen and oxygen atoms in total. The molecule has 1 unspecified atom stereocenters. The lowest BCUT2D eigenvalue weighted by Crippen LogP contribution is -2.27. The van der Waals surface area contributed by atoms with E-state index in [2.05, 4.69) is 21.2 Å². The Morgan fingerprint density at radius 1 is 1.21 bits per heavy atom. The molecule has 6 heteroatoms. The summed E-state index contributed by atoms with van der Waals surface area (Å²) in [7, 11) is 1.56. The fourth-order valence-corrected chi connectivity index (χ4v) is 3.44. The number of rotatable bonds is 6. The maximum Gasteiger partial charge on any atom is 0.339 e. The van der Waals surface area contributed by atoms with Crippen molar-refractivity contribution in [2.75, 3.05) is 7.11 Å². The summed E-state index contributed by atoms with van der Waals surface area (Å²) >= 11 is 3.40.